The summed E-state index contributed by atoms with van der Waals surface area (Å²) < 4.78 is 2.06. The molecule has 2 N–H and O–H groups in total. The molecule has 0 saturated carbocycles. The van der Waals surface area contributed by atoms with Crippen LogP contribution in [-0.2, 0) is 13.6 Å². The Kier molecular flexibility index (Phi) is 2.46. The molecule has 0 atom stereocenters. The van der Waals surface area contributed by atoms with Crippen molar-refractivity contribution in [3.63, 3.8) is 0 Å². The van der Waals surface area contributed by atoms with Gasteiger partial charge in [-0.15, -0.1) is 0 Å². The first-order valence-electron chi connectivity index (χ1n) is 3.20. The zero-order valence-corrected chi connectivity index (χ0v) is 7.76. The molecule has 1 aromatic heterocycles. The fourth-order valence-corrected chi connectivity index (χ4v) is 1.42. The Hall–Kier alpha value is -0.610. The highest BCUT2D eigenvalue weighted by Gasteiger charge is 1.98. The topological polar surface area (TPSA) is 48.0 Å². The van der Waals surface area contributed by atoms with E-state index in [0.717, 1.165) is 5.56 Å². The van der Waals surface area contributed by atoms with Crippen molar-refractivity contribution in [1.29, 1.82) is 0 Å². The van der Waals surface area contributed by atoms with Gasteiger partial charge in [0.15, 0.2) is 0 Å². The fraction of sp³-hybridized carbons (Fsp3) is 0.286. The van der Waals surface area contributed by atoms with Crippen LogP contribution < -0.4 is 11.3 Å². The van der Waals surface area contributed by atoms with Crippen molar-refractivity contribution < 1.29 is 0 Å². The van der Waals surface area contributed by atoms with E-state index in [-0.39, 0.29) is 5.56 Å². The highest BCUT2D eigenvalue weighted by atomic mass is 79.9. The van der Waals surface area contributed by atoms with Crippen LogP contribution in [0.15, 0.2) is 21.5 Å². The number of aromatic nitrogens is 1. The lowest BCUT2D eigenvalue weighted by molar-refractivity contribution is 0.831. The highest BCUT2D eigenvalue weighted by molar-refractivity contribution is 9.10. The summed E-state index contributed by atoms with van der Waals surface area (Å²) in [7, 11) is 1.70. The van der Waals surface area contributed by atoms with Gasteiger partial charge in [0.25, 0.3) is 5.56 Å². The molecular formula is C7H9BrN2O. The zero-order chi connectivity index (χ0) is 8.43. The van der Waals surface area contributed by atoms with Gasteiger partial charge in [-0.3, -0.25) is 4.79 Å². The lowest BCUT2D eigenvalue weighted by Crippen LogP contribution is -2.18. The third-order valence-electron chi connectivity index (χ3n) is 1.43. The van der Waals surface area contributed by atoms with Crippen molar-refractivity contribution >= 4 is 15.9 Å². The van der Waals surface area contributed by atoms with Crippen LogP contribution in [-0.4, -0.2) is 4.57 Å². The van der Waals surface area contributed by atoms with Crippen molar-refractivity contribution in [1.82, 2.24) is 4.57 Å². The molecule has 0 fully saturated rings. The molecule has 0 aliphatic heterocycles. The normalized spacial score (nSPS) is 10.1. The molecule has 60 valence electrons. The van der Waals surface area contributed by atoms with E-state index in [4.69, 9.17) is 5.73 Å². The number of hydrogen-bond donors (Lipinski definition) is 1. The second kappa shape index (κ2) is 3.19. The van der Waals surface area contributed by atoms with Gasteiger partial charge in [-0.05, 0) is 27.6 Å². The number of nitrogens with two attached hydrogens (primary N) is 1. The molecule has 0 aliphatic rings. The third kappa shape index (κ3) is 1.70. The van der Waals surface area contributed by atoms with Gasteiger partial charge >= 0.3 is 0 Å². The molecule has 0 aromatic carbocycles. The molecular weight excluding hydrogens is 208 g/mol. The Labute approximate surface area is 73.0 Å². The van der Waals surface area contributed by atoms with Crippen LogP contribution in [0.3, 0.4) is 0 Å². The summed E-state index contributed by atoms with van der Waals surface area (Å²) in [5.74, 6) is 0. The summed E-state index contributed by atoms with van der Waals surface area (Å²) in [6.45, 7) is 0.451. The summed E-state index contributed by atoms with van der Waals surface area (Å²) in [6.07, 6.45) is 1.73. The number of rotatable bonds is 1. The summed E-state index contributed by atoms with van der Waals surface area (Å²) >= 11 is 3.15. The van der Waals surface area contributed by atoms with Crippen molar-refractivity contribution in [2.75, 3.05) is 0 Å². The molecule has 1 heterocycles. The minimum absolute atomic E-state index is 0.0396. The highest BCUT2D eigenvalue weighted by Crippen LogP contribution is 2.04. The van der Waals surface area contributed by atoms with Crippen LogP contribution in [0.1, 0.15) is 5.56 Å². The number of pyridine rings is 1. The van der Waals surface area contributed by atoms with Crippen molar-refractivity contribution in [3.8, 4) is 0 Å². The Morgan fingerprint density at radius 2 is 2.36 bits per heavy atom. The number of halogens is 1. The molecule has 1 rings (SSSR count). The Morgan fingerprint density at radius 3 is 2.82 bits per heavy atom. The first-order chi connectivity index (χ1) is 5.15. The number of nitrogens with zero attached hydrogens (tertiary/aromatic N) is 1. The fourth-order valence-electron chi connectivity index (χ4n) is 0.849. The summed E-state index contributed by atoms with van der Waals surface area (Å²) in [6, 6.07) is 1.74. The third-order valence-corrected chi connectivity index (χ3v) is 2.00. The molecule has 1 aromatic rings. The van der Waals surface area contributed by atoms with E-state index in [9.17, 15) is 4.79 Å². The lowest BCUT2D eigenvalue weighted by atomic mass is 10.3. The molecule has 0 spiro atoms. The Morgan fingerprint density at radius 1 is 1.73 bits per heavy atom. The first kappa shape index (κ1) is 8.49. The second-order valence-corrected chi connectivity index (χ2v) is 3.17. The van der Waals surface area contributed by atoms with E-state index in [1.807, 2.05) is 0 Å². The van der Waals surface area contributed by atoms with Crippen molar-refractivity contribution in [2.45, 2.75) is 6.54 Å². The molecule has 0 radical (unpaired) electrons. The van der Waals surface area contributed by atoms with E-state index < -0.39 is 0 Å². The predicted molar refractivity (Wildman–Crippen MR) is 47.3 cm³/mol. The van der Waals surface area contributed by atoms with Gasteiger partial charge in [0.2, 0.25) is 0 Å². The smallest absolute Gasteiger partial charge is 0.264 e. The maximum absolute atomic E-state index is 11.1. The molecule has 4 heteroatoms. The lowest BCUT2D eigenvalue weighted by Gasteiger charge is -2.01. The van der Waals surface area contributed by atoms with Crippen LogP contribution in [0, 0.1) is 0 Å². The first-order valence-corrected chi connectivity index (χ1v) is 3.99. The quantitative estimate of drug-likeness (QED) is 0.748. The average molecular weight is 217 g/mol. The summed E-state index contributed by atoms with van der Waals surface area (Å²) in [5, 5.41) is 0. The summed E-state index contributed by atoms with van der Waals surface area (Å²) in [5.41, 5.74) is 6.31. The standard InChI is InChI=1S/C7H9BrN2O/c1-10-4-5(3-9)2-6(8)7(10)11/h2,4H,3,9H2,1H3. The Bertz CT molecular complexity index is 292. The van der Waals surface area contributed by atoms with Gasteiger partial charge in [0, 0.05) is 19.8 Å². The monoisotopic (exact) mass is 216 g/mol. The molecule has 0 aliphatic carbocycles. The van der Waals surface area contributed by atoms with Gasteiger partial charge in [-0.1, -0.05) is 0 Å². The van der Waals surface area contributed by atoms with Crippen LogP contribution >= 0.6 is 15.9 Å². The van der Waals surface area contributed by atoms with Crippen molar-refractivity contribution in [3.05, 3.63) is 32.7 Å². The summed E-state index contributed by atoms with van der Waals surface area (Å²) in [4.78, 5) is 11.1. The number of aryl methyl sites for hydroxylation is 1. The van der Waals surface area contributed by atoms with Crippen LogP contribution in [0.25, 0.3) is 0 Å². The van der Waals surface area contributed by atoms with E-state index in [1.165, 1.54) is 4.57 Å². The minimum atomic E-state index is -0.0396. The molecule has 11 heavy (non-hydrogen) atoms. The van der Waals surface area contributed by atoms with Gasteiger partial charge < -0.3 is 10.3 Å². The minimum Gasteiger partial charge on any atom is -0.326 e. The molecule has 0 bridgehead atoms. The molecule has 3 nitrogen and oxygen atoms in total. The van der Waals surface area contributed by atoms with E-state index in [2.05, 4.69) is 15.9 Å². The number of hydrogen-bond acceptors (Lipinski definition) is 2. The predicted octanol–water partition coefficient (Wildman–Crippen LogP) is 0.606. The maximum Gasteiger partial charge on any atom is 0.264 e. The van der Waals surface area contributed by atoms with Gasteiger partial charge in [0.1, 0.15) is 0 Å². The van der Waals surface area contributed by atoms with Crippen LogP contribution in [0.2, 0.25) is 0 Å². The Balaban J connectivity index is 3.32. The van der Waals surface area contributed by atoms with E-state index in [0.29, 0.717) is 11.0 Å². The molecule has 0 saturated heterocycles. The van der Waals surface area contributed by atoms with E-state index >= 15 is 0 Å². The molecule has 0 amide bonds. The van der Waals surface area contributed by atoms with Crippen molar-refractivity contribution in [2.24, 2.45) is 12.8 Å². The molecule has 0 unspecified atom stereocenters. The van der Waals surface area contributed by atoms with Gasteiger partial charge in [-0.2, -0.15) is 0 Å². The van der Waals surface area contributed by atoms with Gasteiger partial charge in [-0.25, -0.2) is 0 Å². The van der Waals surface area contributed by atoms with Crippen LogP contribution in [0.4, 0.5) is 0 Å². The second-order valence-electron chi connectivity index (χ2n) is 2.32. The SMILES string of the molecule is Cn1cc(CN)cc(Br)c1=O. The van der Waals surface area contributed by atoms with E-state index in [1.54, 1.807) is 19.3 Å². The maximum atomic E-state index is 11.1. The van der Waals surface area contributed by atoms with Gasteiger partial charge in [0.05, 0.1) is 4.47 Å². The largest absolute Gasteiger partial charge is 0.326 e. The average Bonchev–Trinajstić information content (AvgIpc) is 1.99. The van der Waals surface area contributed by atoms with Crippen LogP contribution in [0.5, 0.6) is 0 Å². The zero-order valence-electron chi connectivity index (χ0n) is 6.17.